The minimum Gasteiger partial charge on any atom is -0.481 e. The molecule has 1 N–H and O–H groups in total. The van der Waals surface area contributed by atoms with Crippen LogP contribution in [0.25, 0.3) is 0 Å². The lowest BCUT2D eigenvalue weighted by atomic mass is 9.74. The first kappa shape index (κ1) is 19.9. The topological polar surface area (TPSA) is 84.7 Å². The number of fused-ring (bicyclic) bond motifs is 1. The highest BCUT2D eigenvalue weighted by atomic mass is 16.5. The molecular weight excluding hydrogens is 346 g/mol. The summed E-state index contributed by atoms with van der Waals surface area (Å²) in [7, 11) is 0. The molecule has 2 aliphatic rings. The summed E-state index contributed by atoms with van der Waals surface area (Å²) in [6.07, 6.45) is 1.52. The number of carbonyl (C=O) groups is 2. The smallest absolute Gasteiger partial charge is 0.311 e. The molecule has 0 radical (unpaired) electrons. The molecule has 0 aromatic carbocycles. The van der Waals surface area contributed by atoms with E-state index in [4.69, 9.17) is 4.74 Å². The van der Waals surface area contributed by atoms with Gasteiger partial charge in [0.15, 0.2) is 0 Å². The molecule has 0 spiro atoms. The lowest BCUT2D eigenvalue weighted by Crippen LogP contribution is -2.45. The minimum atomic E-state index is -0.831. The van der Waals surface area contributed by atoms with Gasteiger partial charge in [-0.2, -0.15) is 5.10 Å². The highest BCUT2D eigenvalue weighted by Crippen LogP contribution is 2.42. The number of hydrogen-bond donors (Lipinski definition) is 1. The largest absolute Gasteiger partial charge is 0.481 e. The Bertz CT molecular complexity index is 727. The van der Waals surface area contributed by atoms with E-state index in [2.05, 4.69) is 25.9 Å². The molecule has 0 aliphatic carbocycles. The second-order valence-electron chi connectivity index (χ2n) is 8.48. The zero-order chi connectivity index (χ0) is 19.8. The maximum absolute atomic E-state index is 12.8. The summed E-state index contributed by atoms with van der Waals surface area (Å²) in [4.78, 5) is 26.4. The highest BCUT2D eigenvalue weighted by molar-refractivity contribution is 5.81. The van der Waals surface area contributed by atoms with Gasteiger partial charge in [0.1, 0.15) is 0 Å². The number of aliphatic carboxylic acids is 1. The van der Waals surface area contributed by atoms with Crippen LogP contribution in [0.2, 0.25) is 0 Å². The Morgan fingerprint density at radius 2 is 2.11 bits per heavy atom. The molecule has 2 atom stereocenters. The van der Waals surface area contributed by atoms with Gasteiger partial charge in [0.05, 0.1) is 17.7 Å². The summed E-state index contributed by atoms with van der Waals surface area (Å²) in [5.74, 6) is -0.363. The molecule has 1 aromatic heterocycles. The van der Waals surface area contributed by atoms with E-state index >= 15 is 0 Å². The highest BCUT2D eigenvalue weighted by Gasteiger charge is 2.54. The van der Waals surface area contributed by atoms with Crippen LogP contribution in [0.1, 0.15) is 43.6 Å². The van der Waals surface area contributed by atoms with E-state index in [9.17, 15) is 14.7 Å². The van der Waals surface area contributed by atoms with Crippen LogP contribution in [-0.4, -0.2) is 58.0 Å². The number of carboxylic acids is 1. The normalized spacial score (nSPS) is 25.1. The molecule has 7 heteroatoms. The van der Waals surface area contributed by atoms with Gasteiger partial charge < -0.3 is 14.7 Å². The van der Waals surface area contributed by atoms with Crippen molar-refractivity contribution in [2.24, 2.45) is 17.3 Å². The maximum Gasteiger partial charge on any atom is 0.311 e. The van der Waals surface area contributed by atoms with Crippen LogP contribution in [-0.2, 0) is 27.3 Å². The van der Waals surface area contributed by atoms with Crippen LogP contribution in [0.5, 0.6) is 0 Å². The first-order valence-electron chi connectivity index (χ1n) is 9.86. The van der Waals surface area contributed by atoms with Crippen LogP contribution < -0.4 is 0 Å². The fourth-order valence-corrected chi connectivity index (χ4v) is 4.50. The monoisotopic (exact) mass is 377 g/mol. The molecule has 2 aliphatic heterocycles. The van der Waals surface area contributed by atoms with Crippen molar-refractivity contribution in [2.75, 3.05) is 26.3 Å². The van der Waals surface area contributed by atoms with Crippen LogP contribution in [0, 0.1) is 31.1 Å². The summed E-state index contributed by atoms with van der Waals surface area (Å²) in [5.41, 5.74) is 2.41. The number of carboxylic acid groups (broad SMARTS) is 1. The third kappa shape index (κ3) is 3.74. The molecule has 2 fully saturated rings. The summed E-state index contributed by atoms with van der Waals surface area (Å²) in [6.45, 7) is 10.9. The van der Waals surface area contributed by atoms with Gasteiger partial charge in [0.25, 0.3) is 0 Å². The lowest BCUT2D eigenvalue weighted by Gasteiger charge is -2.33. The zero-order valence-electron chi connectivity index (χ0n) is 16.8. The molecule has 150 valence electrons. The van der Waals surface area contributed by atoms with Gasteiger partial charge in [-0.15, -0.1) is 0 Å². The molecule has 3 rings (SSSR count). The van der Waals surface area contributed by atoms with Gasteiger partial charge in [0.2, 0.25) is 5.91 Å². The number of aromatic nitrogens is 2. The van der Waals surface area contributed by atoms with Crippen LogP contribution >= 0.6 is 0 Å². The van der Waals surface area contributed by atoms with Crippen molar-refractivity contribution in [2.45, 2.75) is 53.5 Å². The molecular formula is C20H31N3O4. The summed E-state index contributed by atoms with van der Waals surface area (Å²) < 4.78 is 7.50. The van der Waals surface area contributed by atoms with Crippen molar-refractivity contribution in [1.82, 2.24) is 14.7 Å². The Kier molecular flexibility index (Phi) is 5.60. The molecule has 0 saturated carbocycles. The van der Waals surface area contributed by atoms with E-state index in [1.54, 1.807) is 4.90 Å². The van der Waals surface area contributed by atoms with Crippen molar-refractivity contribution in [3.05, 3.63) is 17.0 Å². The Morgan fingerprint density at radius 3 is 2.74 bits per heavy atom. The van der Waals surface area contributed by atoms with Gasteiger partial charge in [-0.25, -0.2) is 0 Å². The van der Waals surface area contributed by atoms with Crippen molar-refractivity contribution in [1.29, 1.82) is 0 Å². The number of carbonyl (C=O) groups excluding carboxylic acids is 1. The molecule has 1 aromatic rings. The van der Waals surface area contributed by atoms with E-state index in [0.717, 1.165) is 23.5 Å². The predicted octanol–water partition coefficient (Wildman–Crippen LogP) is 2.04. The number of ether oxygens (including phenoxy) is 1. The van der Waals surface area contributed by atoms with Crippen LogP contribution in [0.3, 0.4) is 0 Å². The van der Waals surface area contributed by atoms with Gasteiger partial charge in [0, 0.05) is 44.3 Å². The lowest BCUT2D eigenvalue weighted by molar-refractivity contribution is -0.157. The number of likely N-dealkylation sites (tertiary alicyclic amines) is 1. The first-order chi connectivity index (χ1) is 12.7. The van der Waals surface area contributed by atoms with E-state index < -0.39 is 11.4 Å². The Balaban J connectivity index is 1.65. The average Bonchev–Trinajstić information content (AvgIpc) is 3.12. The van der Waals surface area contributed by atoms with Gasteiger partial charge >= 0.3 is 5.97 Å². The molecule has 1 amide bonds. The SMILES string of the molecule is Cc1nn(CC(C)C)c(C)c1CCC(=O)N1C[C@H]2COCC[C@@]2(C(=O)O)C1. The molecule has 0 unspecified atom stereocenters. The Hall–Kier alpha value is -1.89. The van der Waals surface area contributed by atoms with E-state index in [1.807, 2.05) is 11.6 Å². The Labute approximate surface area is 160 Å². The van der Waals surface area contributed by atoms with E-state index in [1.165, 1.54) is 0 Å². The number of rotatable bonds is 6. The summed E-state index contributed by atoms with van der Waals surface area (Å²) in [5, 5.41) is 14.4. The van der Waals surface area contributed by atoms with Gasteiger partial charge in [-0.1, -0.05) is 13.8 Å². The van der Waals surface area contributed by atoms with Gasteiger partial charge in [-0.05, 0) is 38.2 Å². The molecule has 0 bridgehead atoms. The van der Waals surface area contributed by atoms with Crippen molar-refractivity contribution in [3.8, 4) is 0 Å². The van der Waals surface area contributed by atoms with Gasteiger partial charge in [-0.3, -0.25) is 14.3 Å². The fraction of sp³-hybridized carbons (Fsp3) is 0.750. The molecule has 3 heterocycles. The molecule has 7 nitrogen and oxygen atoms in total. The summed E-state index contributed by atoms with van der Waals surface area (Å²) >= 11 is 0. The maximum atomic E-state index is 12.8. The van der Waals surface area contributed by atoms with Crippen molar-refractivity contribution in [3.63, 3.8) is 0 Å². The molecule has 27 heavy (non-hydrogen) atoms. The minimum absolute atomic E-state index is 0.0282. The molecule has 2 saturated heterocycles. The fourth-order valence-electron chi connectivity index (χ4n) is 4.50. The van der Waals surface area contributed by atoms with Crippen molar-refractivity contribution >= 4 is 11.9 Å². The standard InChI is InChI=1S/C20H31N3O4/c1-13(2)9-23-15(4)17(14(3)21-23)5-6-18(24)22-10-16-11-27-8-7-20(16,12-22)19(25)26/h13,16H,5-12H2,1-4H3,(H,25,26)/t16-,20+/m0/s1. The zero-order valence-corrected chi connectivity index (χ0v) is 16.8. The number of aryl methyl sites for hydroxylation is 1. The summed E-state index contributed by atoms with van der Waals surface area (Å²) in [6, 6.07) is 0. The second kappa shape index (κ2) is 7.62. The first-order valence-corrected chi connectivity index (χ1v) is 9.86. The number of amides is 1. The van der Waals surface area contributed by atoms with Crippen LogP contribution in [0.4, 0.5) is 0 Å². The third-order valence-corrected chi connectivity index (χ3v) is 6.14. The average molecular weight is 377 g/mol. The Morgan fingerprint density at radius 1 is 1.37 bits per heavy atom. The quantitative estimate of drug-likeness (QED) is 0.820. The van der Waals surface area contributed by atoms with E-state index in [-0.39, 0.29) is 11.8 Å². The van der Waals surface area contributed by atoms with Crippen molar-refractivity contribution < 1.29 is 19.4 Å². The number of hydrogen-bond acceptors (Lipinski definition) is 4. The second-order valence-corrected chi connectivity index (χ2v) is 8.48. The third-order valence-electron chi connectivity index (χ3n) is 6.14. The number of nitrogens with zero attached hydrogens (tertiary/aromatic N) is 3. The van der Waals surface area contributed by atoms with Crippen LogP contribution in [0.15, 0.2) is 0 Å². The van der Waals surface area contributed by atoms with E-state index in [0.29, 0.717) is 51.5 Å². The predicted molar refractivity (Wildman–Crippen MR) is 100 cm³/mol.